The first kappa shape index (κ1) is 25.5. The van der Waals surface area contributed by atoms with Crippen molar-refractivity contribution in [3.05, 3.63) is 71.5 Å². The molecule has 4 heterocycles. The fourth-order valence-corrected chi connectivity index (χ4v) is 6.10. The SMILES string of the molecule is COc1cc(C(C)(C)O)cc2c1c1ncc(-c3c(C)nnn3C)cc1n2C(c1ccccc1)C1CCOCC1. The Hall–Kier alpha value is -3.75. The molecular formula is C31H35N5O3. The first-order valence-electron chi connectivity index (χ1n) is 13.5. The lowest BCUT2D eigenvalue weighted by Crippen LogP contribution is -2.27. The molecule has 1 fully saturated rings. The van der Waals surface area contributed by atoms with E-state index in [4.69, 9.17) is 14.5 Å². The second-order valence-electron chi connectivity index (χ2n) is 11.0. The molecule has 6 rings (SSSR count). The minimum atomic E-state index is -1.04. The molecule has 8 nitrogen and oxygen atoms in total. The van der Waals surface area contributed by atoms with E-state index in [1.165, 1.54) is 5.56 Å². The van der Waals surface area contributed by atoms with E-state index in [0.717, 1.165) is 70.5 Å². The molecule has 0 amide bonds. The maximum absolute atomic E-state index is 11.1. The maximum Gasteiger partial charge on any atom is 0.130 e. The van der Waals surface area contributed by atoms with Gasteiger partial charge in [0.1, 0.15) is 5.75 Å². The third-order valence-corrected chi connectivity index (χ3v) is 8.03. The lowest BCUT2D eigenvalue weighted by molar-refractivity contribution is 0.0552. The number of hydrogen-bond donors (Lipinski definition) is 1. The van der Waals surface area contributed by atoms with Gasteiger partial charge in [-0.3, -0.25) is 4.98 Å². The molecule has 1 aliphatic rings. The van der Waals surface area contributed by atoms with Crippen LogP contribution in [0.5, 0.6) is 5.75 Å². The van der Waals surface area contributed by atoms with Gasteiger partial charge in [0, 0.05) is 32.0 Å². The molecule has 0 radical (unpaired) electrons. The number of aliphatic hydroxyl groups is 1. The smallest absolute Gasteiger partial charge is 0.130 e. The summed E-state index contributed by atoms with van der Waals surface area (Å²) >= 11 is 0. The molecule has 202 valence electrons. The van der Waals surface area contributed by atoms with Crippen molar-refractivity contribution >= 4 is 21.9 Å². The van der Waals surface area contributed by atoms with Crippen molar-refractivity contribution in [2.24, 2.45) is 13.0 Å². The van der Waals surface area contributed by atoms with Gasteiger partial charge in [-0.2, -0.15) is 0 Å². The Morgan fingerprint density at radius 3 is 2.46 bits per heavy atom. The minimum Gasteiger partial charge on any atom is -0.496 e. The van der Waals surface area contributed by atoms with Crippen LogP contribution in [0.4, 0.5) is 0 Å². The van der Waals surface area contributed by atoms with Crippen molar-refractivity contribution in [1.29, 1.82) is 0 Å². The van der Waals surface area contributed by atoms with Gasteiger partial charge in [-0.15, -0.1) is 5.10 Å². The second-order valence-corrected chi connectivity index (χ2v) is 11.0. The van der Waals surface area contributed by atoms with E-state index in [-0.39, 0.29) is 6.04 Å². The summed E-state index contributed by atoms with van der Waals surface area (Å²) in [4.78, 5) is 5.03. The number of aryl methyl sites for hydroxylation is 2. The van der Waals surface area contributed by atoms with Gasteiger partial charge >= 0.3 is 0 Å². The van der Waals surface area contributed by atoms with Gasteiger partial charge in [0.05, 0.1) is 52.1 Å². The lowest BCUT2D eigenvalue weighted by atomic mass is 9.86. The Balaban J connectivity index is 1.74. The zero-order valence-corrected chi connectivity index (χ0v) is 23.2. The molecule has 1 unspecified atom stereocenters. The average Bonchev–Trinajstić information content (AvgIpc) is 3.45. The molecular weight excluding hydrogens is 490 g/mol. The van der Waals surface area contributed by atoms with Gasteiger partial charge in [-0.25, -0.2) is 4.68 Å². The molecule has 2 aromatic carbocycles. The summed E-state index contributed by atoms with van der Waals surface area (Å²) in [5, 5.41) is 20.5. The third-order valence-electron chi connectivity index (χ3n) is 8.03. The molecule has 39 heavy (non-hydrogen) atoms. The van der Waals surface area contributed by atoms with E-state index in [2.05, 4.69) is 57.3 Å². The van der Waals surface area contributed by atoms with Gasteiger partial charge in [0.2, 0.25) is 0 Å². The van der Waals surface area contributed by atoms with Crippen molar-refractivity contribution in [1.82, 2.24) is 24.5 Å². The van der Waals surface area contributed by atoms with Gasteiger partial charge in [0.25, 0.3) is 0 Å². The van der Waals surface area contributed by atoms with Crippen LogP contribution in [-0.4, -0.2) is 50.0 Å². The van der Waals surface area contributed by atoms with E-state index in [1.54, 1.807) is 11.8 Å². The first-order chi connectivity index (χ1) is 18.8. The van der Waals surface area contributed by atoms with Gasteiger partial charge in [-0.1, -0.05) is 35.5 Å². The Morgan fingerprint density at radius 2 is 1.82 bits per heavy atom. The summed E-state index contributed by atoms with van der Waals surface area (Å²) in [5.41, 5.74) is 6.60. The molecule has 1 saturated heterocycles. The third kappa shape index (κ3) is 4.37. The van der Waals surface area contributed by atoms with Gasteiger partial charge in [-0.05, 0) is 68.9 Å². The van der Waals surface area contributed by atoms with E-state index in [9.17, 15) is 5.11 Å². The van der Waals surface area contributed by atoms with E-state index < -0.39 is 5.60 Å². The topological polar surface area (TPSA) is 87.2 Å². The fraction of sp³-hybridized carbons (Fsp3) is 0.387. The highest BCUT2D eigenvalue weighted by Crippen LogP contribution is 2.45. The Labute approximate surface area is 228 Å². The van der Waals surface area contributed by atoms with Crippen LogP contribution in [0, 0.1) is 12.8 Å². The summed E-state index contributed by atoms with van der Waals surface area (Å²) in [6.45, 7) is 7.07. The number of aromatic nitrogens is 5. The molecule has 8 heteroatoms. The largest absolute Gasteiger partial charge is 0.496 e. The fourth-order valence-electron chi connectivity index (χ4n) is 6.10. The number of nitrogens with zero attached hydrogens (tertiary/aromatic N) is 5. The molecule has 3 aromatic heterocycles. The highest BCUT2D eigenvalue weighted by Gasteiger charge is 2.32. The predicted molar refractivity (Wildman–Crippen MR) is 152 cm³/mol. The van der Waals surface area contributed by atoms with Crippen LogP contribution in [0.1, 0.15) is 49.6 Å². The number of benzene rings is 2. The maximum atomic E-state index is 11.1. The highest BCUT2D eigenvalue weighted by molar-refractivity contribution is 6.10. The normalized spacial score (nSPS) is 15.7. The van der Waals surface area contributed by atoms with Crippen LogP contribution < -0.4 is 4.74 Å². The Kier molecular flexibility index (Phi) is 6.40. The number of pyridine rings is 1. The zero-order chi connectivity index (χ0) is 27.3. The summed E-state index contributed by atoms with van der Waals surface area (Å²) in [5.74, 6) is 1.06. The molecule has 0 saturated carbocycles. The van der Waals surface area contributed by atoms with Gasteiger partial charge in [0.15, 0.2) is 0 Å². The Morgan fingerprint density at radius 1 is 1.08 bits per heavy atom. The molecule has 0 bridgehead atoms. The highest BCUT2D eigenvalue weighted by atomic mass is 16.5. The Bertz CT molecular complexity index is 1620. The van der Waals surface area contributed by atoms with Gasteiger partial charge < -0.3 is 19.1 Å². The van der Waals surface area contributed by atoms with Crippen LogP contribution in [0.15, 0.2) is 54.7 Å². The van der Waals surface area contributed by atoms with E-state index in [1.807, 2.05) is 40.1 Å². The van der Waals surface area contributed by atoms with Crippen LogP contribution in [0.3, 0.4) is 0 Å². The predicted octanol–water partition coefficient (Wildman–Crippen LogP) is 5.55. The van der Waals surface area contributed by atoms with E-state index >= 15 is 0 Å². The zero-order valence-electron chi connectivity index (χ0n) is 23.2. The van der Waals surface area contributed by atoms with Crippen molar-refractivity contribution in [3.8, 4) is 17.0 Å². The number of fused-ring (bicyclic) bond motifs is 3. The lowest BCUT2D eigenvalue weighted by Gasteiger charge is -2.33. The van der Waals surface area contributed by atoms with Crippen molar-refractivity contribution in [2.45, 2.75) is 45.3 Å². The molecule has 1 N–H and O–H groups in total. The molecule has 1 atom stereocenters. The molecule has 0 spiro atoms. The van der Waals surface area contributed by atoms with Crippen LogP contribution in [-0.2, 0) is 17.4 Å². The number of ether oxygens (including phenoxy) is 2. The van der Waals surface area contributed by atoms with Crippen LogP contribution in [0.25, 0.3) is 33.2 Å². The summed E-state index contributed by atoms with van der Waals surface area (Å²) in [7, 11) is 3.58. The number of methoxy groups -OCH3 is 1. The molecule has 5 aromatic rings. The van der Waals surface area contributed by atoms with Crippen LogP contribution >= 0.6 is 0 Å². The summed E-state index contributed by atoms with van der Waals surface area (Å²) < 4.78 is 15.9. The number of hydrogen-bond acceptors (Lipinski definition) is 6. The molecule has 1 aliphatic heterocycles. The summed E-state index contributed by atoms with van der Waals surface area (Å²) in [6.07, 6.45) is 3.81. The first-order valence-corrected chi connectivity index (χ1v) is 13.5. The van der Waals surface area contributed by atoms with E-state index in [0.29, 0.717) is 11.7 Å². The van der Waals surface area contributed by atoms with Crippen molar-refractivity contribution in [2.75, 3.05) is 20.3 Å². The monoisotopic (exact) mass is 525 g/mol. The number of rotatable bonds is 6. The van der Waals surface area contributed by atoms with Crippen molar-refractivity contribution in [3.63, 3.8) is 0 Å². The van der Waals surface area contributed by atoms with Crippen LogP contribution in [0.2, 0.25) is 0 Å². The summed E-state index contributed by atoms with van der Waals surface area (Å²) in [6, 6.07) is 17.0. The standard InChI is InChI=1S/C31H35N5O3/c1-19-29(35(4)34-33-19)22-15-25-28(32-18-22)27-24(16-23(31(2,3)37)17-26(27)38-5)36(25)30(20-9-7-6-8-10-20)21-11-13-39-14-12-21/h6-10,15-18,21,30,37H,11-14H2,1-5H3. The van der Waals surface area contributed by atoms with Crippen molar-refractivity contribution < 1.29 is 14.6 Å². The average molecular weight is 526 g/mol. The quantitative estimate of drug-likeness (QED) is 0.313. The second kappa shape index (κ2) is 9.77. The molecule has 0 aliphatic carbocycles. The minimum absolute atomic E-state index is 0.0414.